The Morgan fingerprint density at radius 3 is 2.70 bits per heavy atom. The molecule has 6 nitrogen and oxygen atoms in total. The quantitative estimate of drug-likeness (QED) is 0.673. The van der Waals surface area contributed by atoms with Gasteiger partial charge < -0.3 is 14.6 Å². The molecule has 1 N–H and O–H groups in total. The number of nitrogens with zero attached hydrogens (tertiary/aromatic N) is 3. The largest absolute Gasteiger partial charge is 0.350 e. The van der Waals surface area contributed by atoms with Crippen LogP contribution in [0.3, 0.4) is 0 Å². The smallest absolute Gasteiger partial charge is 0.272 e. The van der Waals surface area contributed by atoms with Crippen LogP contribution >= 0.6 is 0 Å². The van der Waals surface area contributed by atoms with Crippen molar-refractivity contribution in [1.29, 1.82) is 0 Å². The number of benzene rings is 1. The van der Waals surface area contributed by atoms with E-state index in [9.17, 15) is 9.59 Å². The summed E-state index contributed by atoms with van der Waals surface area (Å²) in [5.74, 6) is 1.01. The summed E-state index contributed by atoms with van der Waals surface area (Å²) in [6.07, 6.45) is 4.68. The molecule has 30 heavy (non-hydrogen) atoms. The third-order valence-corrected chi connectivity index (χ3v) is 5.93. The number of carbonyl (C=O) groups is 2. The van der Waals surface area contributed by atoms with Gasteiger partial charge >= 0.3 is 0 Å². The summed E-state index contributed by atoms with van der Waals surface area (Å²) in [6, 6.07) is 14.9. The van der Waals surface area contributed by atoms with Gasteiger partial charge in [0.05, 0.1) is 11.6 Å². The zero-order valence-electron chi connectivity index (χ0n) is 17.5. The number of hydrogen-bond donors (Lipinski definition) is 1. The van der Waals surface area contributed by atoms with Gasteiger partial charge in [-0.05, 0) is 43.0 Å². The van der Waals surface area contributed by atoms with E-state index in [2.05, 4.69) is 19.2 Å². The Hall–Kier alpha value is -3.15. The van der Waals surface area contributed by atoms with Crippen LogP contribution in [0.5, 0.6) is 0 Å². The van der Waals surface area contributed by atoms with Crippen molar-refractivity contribution in [1.82, 2.24) is 19.6 Å². The highest BCUT2D eigenvalue weighted by Gasteiger charge is 2.34. The van der Waals surface area contributed by atoms with Crippen molar-refractivity contribution in [2.45, 2.75) is 39.2 Å². The second-order valence-corrected chi connectivity index (χ2v) is 8.02. The van der Waals surface area contributed by atoms with E-state index in [1.54, 1.807) is 0 Å². The van der Waals surface area contributed by atoms with Crippen molar-refractivity contribution in [3.05, 3.63) is 71.8 Å². The minimum atomic E-state index is -0.163. The van der Waals surface area contributed by atoms with Crippen LogP contribution in [0.2, 0.25) is 0 Å². The molecular weight excluding hydrogens is 376 g/mol. The van der Waals surface area contributed by atoms with Crippen molar-refractivity contribution in [3.63, 3.8) is 0 Å². The Morgan fingerprint density at radius 1 is 1.17 bits per heavy atom. The lowest BCUT2D eigenvalue weighted by Crippen LogP contribution is -2.31. The maximum Gasteiger partial charge on any atom is 0.272 e. The first-order valence-electron chi connectivity index (χ1n) is 10.7. The number of nitrogens with one attached hydrogen (secondary N) is 1. The molecule has 0 spiro atoms. The lowest BCUT2D eigenvalue weighted by molar-refractivity contribution is 0.0729. The van der Waals surface area contributed by atoms with E-state index >= 15 is 0 Å². The Labute approximate surface area is 176 Å². The van der Waals surface area contributed by atoms with Crippen LogP contribution in [0.1, 0.15) is 65.8 Å². The van der Waals surface area contributed by atoms with Gasteiger partial charge in [-0.3, -0.25) is 9.59 Å². The number of aromatic nitrogens is 2. The SMILES string of the molecule is CC[C@H](C)CNC(=O)c1nc([C@@H]2CCCN2C(=O)c2ccccc2)n2ccccc12. The number of pyridine rings is 1. The number of fused-ring (bicyclic) bond motifs is 1. The minimum Gasteiger partial charge on any atom is -0.350 e. The van der Waals surface area contributed by atoms with Crippen molar-refractivity contribution >= 4 is 17.3 Å². The van der Waals surface area contributed by atoms with E-state index in [1.165, 1.54) is 0 Å². The first-order valence-corrected chi connectivity index (χ1v) is 10.7. The van der Waals surface area contributed by atoms with Gasteiger partial charge in [0.15, 0.2) is 5.69 Å². The summed E-state index contributed by atoms with van der Waals surface area (Å²) in [4.78, 5) is 32.6. The summed E-state index contributed by atoms with van der Waals surface area (Å²) in [7, 11) is 0. The first kappa shape index (κ1) is 20.1. The van der Waals surface area contributed by atoms with Gasteiger partial charge in [0.1, 0.15) is 5.82 Å². The fourth-order valence-corrected chi connectivity index (χ4v) is 3.98. The predicted octanol–water partition coefficient (Wildman–Crippen LogP) is 4.09. The summed E-state index contributed by atoms with van der Waals surface area (Å²) in [5.41, 5.74) is 1.87. The normalized spacial score (nSPS) is 17.3. The number of hydrogen-bond acceptors (Lipinski definition) is 3. The van der Waals surface area contributed by atoms with Crippen LogP contribution in [0.4, 0.5) is 0 Å². The standard InChI is InChI=1S/C24H28N4O2/c1-3-17(2)16-25-23(29)21-19-12-7-8-14-27(19)22(26-21)20-13-9-15-28(20)24(30)18-10-5-4-6-11-18/h4-8,10-12,14,17,20H,3,9,13,15-16H2,1-2H3,(H,25,29)/t17-,20-/m0/s1. The van der Waals surface area contributed by atoms with Crippen molar-refractivity contribution < 1.29 is 9.59 Å². The molecule has 1 aromatic carbocycles. The van der Waals surface area contributed by atoms with Crippen LogP contribution < -0.4 is 5.32 Å². The average molecular weight is 405 g/mol. The third-order valence-electron chi connectivity index (χ3n) is 5.93. The third kappa shape index (κ3) is 3.82. The molecule has 0 saturated carbocycles. The maximum atomic E-state index is 13.1. The summed E-state index contributed by atoms with van der Waals surface area (Å²) in [6.45, 7) is 5.54. The molecule has 1 fully saturated rings. The Morgan fingerprint density at radius 2 is 1.93 bits per heavy atom. The average Bonchev–Trinajstić information content (AvgIpc) is 3.42. The first-order chi connectivity index (χ1) is 14.6. The fraction of sp³-hybridized carbons (Fsp3) is 0.375. The molecule has 1 aliphatic rings. The molecule has 1 saturated heterocycles. The van der Waals surface area contributed by atoms with Crippen molar-refractivity contribution in [2.24, 2.45) is 5.92 Å². The van der Waals surface area contributed by atoms with E-state index in [0.29, 0.717) is 30.3 Å². The van der Waals surface area contributed by atoms with Gasteiger partial charge in [0, 0.05) is 24.8 Å². The molecular formula is C24H28N4O2. The highest BCUT2D eigenvalue weighted by atomic mass is 16.2. The molecule has 0 bridgehead atoms. The second kappa shape index (κ2) is 8.69. The maximum absolute atomic E-state index is 13.1. The van der Waals surface area contributed by atoms with Crippen molar-refractivity contribution in [3.8, 4) is 0 Å². The van der Waals surface area contributed by atoms with E-state index in [4.69, 9.17) is 4.98 Å². The zero-order chi connectivity index (χ0) is 21.1. The molecule has 2 aromatic heterocycles. The van der Waals surface area contributed by atoms with E-state index in [1.807, 2.05) is 64.0 Å². The molecule has 2 amide bonds. The van der Waals surface area contributed by atoms with E-state index < -0.39 is 0 Å². The lowest BCUT2D eigenvalue weighted by Gasteiger charge is -2.24. The fourth-order valence-electron chi connectivity index (χ4n) is 3.98. The number of carbonyl (C=O) groups excluding carboxylic acids is 2. The van der Waals surface area contributed by atoms with Gasteiger partial charge in [-0.1, -0.05) is 44.5 Å². The number of amides is 2. The summed E-state index contributed by atoms with van der Waals surface area (Å²) in [5, 5.41) is 3.01. The Bertz CT molecular complexity index is 1040. The molecule has 2 atom stereocenters. The van der Waals surface area contributed by atoms with Crippen LogP contribution in [-0.4, -0.2) is 39.2 Å². The van der Waals surface area contributed by atoms with Gasteiger partial charge in [0.25, 0.3) is 11.8 Å². The molecule has 0 unspecified atom stereocenters. The van der Waals surface area contributed by atoms with Crippen LogP contribution in [0.15, 0.2) is 54.7 Å². The van der Waals surface area contributed by atoms with E-state index in [0.717, 1.165) is 30.6 Å². The van der Waals surface area contributed by atoms with Crippen LogP contribution in [0, 0.1) is 5.92 Å². The summed E-state index contributed by atoms with van der Waals surface area (Å²) >= 11 is 0. The van der Waals surface area contributed by atoms with Gasteiger partial charge in [0.2, 0.25) is 0 Å². The molecule has 6 heteroatoms. The van der Waals surface area contributed by atoms with Gasteiger partial charge in [-0.2, -0.15) is 0 Å². The van der Waals surface area contributed by atoms with Gasteiger partial charge in [-0.15, -0.1) is 0 Å². The molecule has 1 aliphatic heterocycles. The highest BCUT2D eigenvalue weighted by Crippen LogP contribution is 2.33. The van der Waals surface area contributed by atoms with Gasteiger partial charge in [-0.25, -0.2) is 4.98 Å². The topological polar surface area (TPSA) is 66.7 Å². The number of imidazole rings is 1. The highest BCUT2D eigenvalue weighted by molar-refractivity contribution is 5.99. The zero-order valence-corrected chi connectivity index (χ0v) is 17.5. The minimum absolute atomic E-state index is 0.00792. The molecule has 3 aromatic rings. The molecule has 0 aliphatic carbocycles. The van der Waals surface area contributed by atoms with E-state index in [-0.39, 0.29) is 17.9 Å². The molecule has 4 rings (SSSR count). The Balaban J connectivity index is 1.67. The summed E-state index contributed by atoms with van der Waals surface area (Å²) < 4.78 is 1.96. The monoisotopic (exact) mass is 404 g/mol. The predicted molar refractivity (Wildman–Crippen MR) is 116 cm³/mol. The number of likely N-dealkylation sites (tertiary alicyclic amines) is 1. The Kier molecular flexibility index (Phi) is 5.84. The van der Waals surface area contributed by atoms with Crippen LogP contribution in [-0.2, 0) is 0 Å². The molecule has 3 heterocycles. The van der Waals surface area contributed by atoms with Crippen LogP contribution in [0.25, 0.3) is 5.52 Å². The molecule has 0 radical (unpaired) electrons. The second-order valence-electron chi connectivity index (χ2n) is 8.02. The van der Waals surface area contributed by atoms with Crippen molar-refractivity contribution in [2.75, 3.05) is 13.1 Å². The lowest BCUT2D eigenvalue weighted by atomic mass is 10.1. The number of rotatable bonds is 6. The molecule has 156 valence electrons.